The number of thiazole rings is 1. The van der Waals surface area contributed by atoms with Crippen LogP contribution in [0.4, 0.5) is 10.1 Å². The van der Waals surface area contributed by atoms with Crippen molar-refractivity contribution in [3.63, 3.8) is 0 Å². The lowest BCUT2D eigenvalue weighted by Crippen LogP contribution is -2.39. The van der Waals surface area contributed by atoms with E-state index in [-0.39, 0.29) is 24.4 Å². The average molecular weight is 412 g/mol. The highest BCUT2D eigenvalue weighted by atomic mass is 32.1. The van der Waals surface area contributed by atoms with Crippen LogP contribution in [0.5, 0.6) is 0 Å². The first-order valence-electron chi connectivity index (χ1n) is 9.14. The van der Waals surface area contributed by atoms with E-state index in [1.54, 1.807) is 24.0 Å². The lowest BCUT2D eigenvalue weighted by molar-refractivity contribution is -0.122. The van der Waals surface area contributed by atoms with E-state index in [1.807, 2.05) is 44.2 Å². The summed E-state index contributed by atoms with van der Waals surface area (Å²) >= 11 is 1.16. The molecule has 3 rings (SSSR count). The van der Waals surface area contributed by atoms with Crippen LogP contribution in [0.25, 0.3) is 10.6 Å². The molecule has 5 nitrogen and oxygen atoms in total. The number of nitrogens with zero attached hydrogens (tertiary/aromatic N) is 2. The summed E-state index contributed by atoms with van der Waals surface area (Å²) in [5.74, 6) is -1.24. The molecule has 0 atom stereocenters. The minimum absolute atomic E-state index is 0.0844. The van der Waals surface area contributed by atoms with Crippen molar-refractivity contribution in [2.45, 2.75) is 26.8 Å². The molecule has 0 bridgehead atoms. The summed E-state index contributed by atoms with van der Waals surface area (Å²) in [6.07, 6.45) is 0. The van der Waals surface area contributed by atoms with E-state index in [9.17, 15) is 14.0 Å². The van der Waals surface area contributed by atoms with Gasteiger partial charge in [-0.2, -0.15) is 0 Å². The summed E-state index contributed by atoms with van der Waals surface area (Å²) < 4.78 is 18.4. The Kier molecular flexibility index (Phi) is 6.39. The topological polar surface area (TPSA) is 59.5 Å². The smallest absolute Gasteiger partial charge is 0.350 e. The zero-order valence-corrected chi connectivity index (χ0v) is 17.2. The number of benzene rings is 2. The molecule has 0 aliphatic carbocycles. The van der Waals surface area contributed by atoms with Gasteiger partial charge in [0.05, 0.1) is 5.69 Å². The lowest BCUT2D eigenvalue weighted by atomic mass is 10.2. The van der Waals surface area contributed by atoms with Gasteiger partial charge in [0.25, 0.3) is 5.91 Å². The van der Waals surface area contributed by atoms with Crippen LogP contribution in [0.15, 0.2) is 54.6 Å². The van der Waals surface area contributed by atoms with E-state index in [1.165, 1.54) is 12.1 Å². The van der Waals surface area contributed by atoms with Crippen LogP contribution in [0.1, 0.15) is 29.2 Å². The molecule has 29 heavy (non-hydrogen) atoms. The Hall–Kier alpha value is -3.06. The third-order valence-corrected chi connectivity index (χ3v) is 5.41. The van der Waals surface area contributed by atoms with Crippen molar-refractivity contribution in [1.29, 1.82) is 0 Å². The first-order chi connectivity index (χ1) is 13.9. The molecule has 1 amide bonds. The highest BCUT2D eigenvalue weighted by Crippen LogP contribution is 2.28. The van der Waals surface area contributed by atoms with Crippen molar-refractivity contribution < 1.29 is 18.7 Å². The largest absolute Gasteiger partial charge is 0.451 e. The highest BCUT2D eigenvalue weighted by molar-refractivity contribution is 7.17. The number of carbonyl (C=O) groups is 2. The molecule has 0 N–H and O–H groups in total. The predicted octanol–water partition coefficient (Wildman–Crippen LogP) is 4.86. The maximum atomic E-state index is 13.1. The fourth-order valence-corrected chi connectivity index (χ4v) is 3.85. The number of halogens is 1. The fraction of sp³-hybridized carbons (Fsp3) is 0.227. The number of anilines is 1. The summed E-state index contributed by atoms with van der Waals surface area (Å²) in [6, 6.07) is 15.0. The number of hydrogen-bond acceptors (Lipinski definition) is 5. The number of para-hydroxylation sites is 1. The monoisotopic (exact) mass is 412 g/mol. The van der Waals surface area contributed by atoms with Gasteiger partial charge in [-0.25, -0.2) is 14.2 Å². The van der Waals surface area contributed by atoms with Gasteiger partial charge in [-0.1, -0.05) is 18.2 Å². The number of aryl methyl sites for hydroxylation is 1. The molecule has 3 aromatic rings. The van der Waals surface area contributed by atoms with Gasteiger partial charge < -0.3 is 9.64 Å². The predicted molar refractivity (Wildman–Crippen MR) is 112 cm³/mol. The van der Waals surface area contributed by atoms with Crippen molar-refractivity contribution in [2.24, 2.45) is 0 Å². The maximum Gasteiger partial charge on any atom is 0.350 e. The molecule has 0 unspecified atom stereocenters. The summed E-state index contributed by atoms with van der Waals surface area (Å²) in [7, 11) is 0. The van der Waals surface area contributed by atoms with Crippen molar-refractivity contribution in [1.82, 2.24) is 4.98 Å². The molecule has 7 heteroatoms. The summed E-state index contributed by atoms with van der Waals surface area (Å²) in [6.45, 7) is 5.13. The van der Waals surface area contributed by atoms with Crippen LogP contribution in [-0.4, -0.2) is 29.5 Å². The second-order valence-electron chi connectivity index (χ2n) is 6.71. The molecule has 2 aromatic carbocycles. The third kappa shape index (κ3) is 4.86. The Morgan fingerprint density at radius 3 is 2.38 bits per heavy atom. The number of ether oxygens (including phenoxy) is 1. The molecule has 0 fully saturated rings. The molecule has 0 spiro atoms. The number of aromatic nitrogens is 1. The second-order valence-corrected chi connectivity index (χ2v) is 7.71. The van der Waals surface area contributed by atoms with Gasteiger partial charge >= 0.3 is 5.97 Å². The van der Waals surface area contributed by atoms with E-state index < -0.39 is 5.97 Å². The van der Waals surface area contributed by atoms with E-state index in [2.05, 4.69) is 4.98 Å². The van der Waals surface area contributed by atoms with Crippen molar-refractivity contribution in [3.8, 4) is 10.6 Å². The molecule has 1 heterocycles. The average Bonchev–Trinajstić information content (AvgIpc) is 3.09. The maximum absolute atomic E-state index is 13.1. The van der Waals surface area contributed by atoms with Crippen LogP contribution in [0, 0.1) is 12.7 Å². The number of carbonyl (C=O) groups excluding carboxylic acids is 2. The quantitative estimate of drug-likeness (QED) is 0.543. The van der Waals surface area contributed by atoms with Gasteiger partial charge in [0.2, 0.25) is 0 Å². The van der Waals surface area contributed by atoms with E-state index >= 15 is 0 Å². The van der Waals surface area contributed by atoms with Gasteiger partial charge in [0.1, 0.15) is 15.7 Å². The van der Waals surface area contributed by atoms with Gasteiger partial charge in [-0.15, -0.1) is 11.3 Å². The molecule has 0 radical (unpaired) electrons. The molecule has 0 aliphatic rings. The Bertz CT molecular complexity index is 1000. The highest BCUT2D eigenvalue weighted by Gasteiger charge is 2.23. The van der Waals surface area contributed by atoms with E-state index in [0.717, 1.165) is 17.0 Å². The van der Waals surface area contributed by atoms with Crippen LogP contribution in [-0.2, 0) is 9.53 Å². The molecule has 1 aromatic heterocycles. The first kappa shape index (κ1) is 20.7. The molecule has 0 saturated carbocycles. The molecular formula is C22H21FN2O3S. The van der Waals surface area contributed by atoms with Crippen molar-refractivity contribution in [2.75, 3.05) is 11.5 Å². The number of amides is 1. The Morgan fingerprint density at radius 2 is 1.76 bits per heavy atom. The van der Waals surface area contributed by atoms with Gasteiger partial charge in [-0.3, -0.25) is 4.79 Å². The van der Waals surface area contributed by atoms with E-state index in [4.69, 9.17) is 4.74 Å². The second kappa shape index (κ2) is 8.96. The summed E-state index contributed by atoms with van der Waals surface area (Å²) in [5.41, 5.74) is 1.97. The standard InChI is InChI=1S/C22H21FN2O3S/c1-14(2)25(18-7-5-4-6-8-18)19(26)13-28-22(27)20-15(3)24-21(29-20)16-9-11-17(23)12-10-16/h4-12,14H,13H2,1-3H3. The zero-order valence-electron chi connectivity index (χ0n) is 16.4. The van der Waals surface area contributed by atoms with Gasteiger partial charge in [0.15, 0.2) is 6.61 Å². The summed E-state index contributed by atoms with van der Waals surface area (Å²) in [5, 5.41) is 0.592. The lowest BCUT2D eigenvalue weighted by Gasteiger charge is -2.26. The van der Waals surface area contributed by atoms with Crippen LogP contribution in [0.3, 0.4) is 0 Å². The van der Waals surface area contributed by atoms with Crippen molar-refractivity contribution >= 4 is 28.9 Å². The first-order valence-corrected chi connectivity index (χ1v) is 9.96. The molecular weight excluding hydrogens is 391 g/mol. The Morgan fingerprint density at radius 1 is 1.10 bits per heavy atom. The number of esters is 1. The zero-order chi connectivity index (χ0) is 21.0. The minimum atomic E-state index is -0.599. The number of rotatable bonds is 6. The minimum Gasteiger partial charge on any atom is -0.451 e. The van der Waals surface area contributed by atoms with Crippen molar-refractivity contribution in [3.05, 3.63) is 71.0 Å². The van der Waals surface area contributed by atoms with Crippen LogP contribution < -0.4 is 4.90 Å². The molecule has 0 saturated heterocycles. The number of hydrogen-bond donors (Lipinski definition) is 0. The van der Waals surface area contributed by atoms with Crippen LogP contribution in [0.2, 0.25) is 0 Å². The Labute approximate surface area is 172 Å². The van der Waals surface area contributed by atoms with Gasteiger partial charge in [0, 0.05) is 17.3 Å². The molecule has 0 aliphatic heterocycles. The van der Waals surface area contributed by atoms with E-state index in [0.29, 0.717) is 21.1 Å². The van der Waals surface area contributed by atoms with Gasteiger partial charge in [-0.05, 0) is 57.2 Å². The van der Waals surface area contributed by atoms with Crippen LogP contribution >= 0.6 is 11.3 Å². The third-order valence-electron chi connectivity index (χ3n) is 4.22. The fourth-order valence-electron chi connectivity index (χ4n) is 2.88. The summed E-state index contributed by atoms with van der Waals surface area (Å²) in [4.78, 5) is 31.5. The molecule has 150 valence electrons. The Balaban J connectivity index is 1.70. The normalized spacial score (nSPS) is 10.8. The SMILES string of the molecule is Cc1nc(-c2ccc(F)cc2)sc1C(=O)OCC(=O)N(c1ccccc1)C(C)C.